The summed E-state index contributed by atoms with van der Waals surface area (Å²) < 4.78 is 0. The van der Waals surface area contributed by atoms with Crippen LogP contribution < -0.4 is 16.0 Å². The molecular formula is C16H25N3O. The number of carbonyl (C=O) groups is 1. The maximum Gasteiger partial charge on any atom is 0.248 e. The normalized spacial score (nSPS) is 16.4. The van der Waals surface area contributed by atoms with Crippen molar-refractivity contribution in [1.82, 2.24) is 5.32 Å². The highest BCUT2D eigenvalue weighted by Crippen LogP contribution is 2.22. The Balaban J connectivity index is 2.09. The minimum Gasteiger partial charge on any atom is -0.369 e. The number of piperidine rings is 1. The van der Waals surface area contributed by atoms with Gasteiger partial charge in [0.1, 0.15) is 0 Å². The molecule has 1 aliphatic rings. The SMILES string of the molecule is CC(C)N(CC1CCNCC1)c1ccc(C(N)=O)cc1. The van der Waals surface area contributed by atoms with Crippen molar-refractivity contribution in [3.05, 3.63) is 29.8 Å². The summed E-state index contributed by atoms with van der Waals surface area (Å²) in [7, 11) is 0. The number of nitrogens with one attached hydrogen (secondary N) is 1. The summed E-state index contributed by atoms with van der Waals surface area (Å²) in [5.74, 6) is 0.375. The van der Waals surface area contributed by atoms with Crippen molar-refractivity contribution >= 4 is 11.6 Å². The Labute approximate surface area is 121 Å². The van der Waals surface area contributed by atoms with E-state index in [0.29, 0.717) is 11.6 Å². The van der Waals surface area contributed by atoms with Gasteiger partial charge < -0.3 is 16.0 Å². The second kappa shape index (κ2) is 6.75. The summed E-state index contributed by atoms with van der Waals surface area (Å²) in [5.41, 5.74) is 7.03. The lowest BCUT2D eigenvalue weighted by molar-refractivity contribution is 0.100. The summed E-state index contributed by atoms with van der Waals surface area (Å²) >= 11 is 0. The number of carbonyl (C=O) groups excluding carboxylic acids is 1. The molecule has 0 bridgehead atoms. The van der Waals surface area contributed by atoms with Gasteiger partial charge in [-0.1, -0.05) is 0 Å². The van der Waals surface area contributed by atoms with E-state index in [0.717, 1.165) is 25.6 Å². The van der Waals surface area contributed by atoms with Crippen LogP contribution in [-0.4, -0.2) is 31.6 Å². The van der Waals surface area contributed by atoms with Crippen molar-refractivity contribution in [1.29, 1.82) is 0 Å². The van der Waals surface area contributed by atoms with E-state index >= 15 is 0 Å². The topological polar surface area (TPSA) is 58.4 Å². The zero-order valence-electron chi connectivity index (χ0n) is 12.4. The van der Waals surface area contributed by atoms with Gasteiger partial charge in [-0.2, -0.15) is 0 Å². The van der Waals surface area contributed by atoms with E-state index in [1.807, 2.05) is 24.3 Å². The monoisotopic (exact) mass is 275 g/mol. The molecule has 20 heavy (non-hydrogen) atoms. The third-order valence-corrected chi connectivity index (χ3v) is 4.02. The Morgan fingerprint density at radius 3 is 2.40 bits per heavy atom. The summed E-state index contributed by atoms with van der Waals surface area (Å²) in [6.45, 7) is 7.75. The van der Waals surface area contributed by atoms with Gasteiger partial charge in [-0.15, -0.1) is 0 Å². The quantitative estimate of drug-likeness (QED) is 0.864. The fourth-order valence-corrected chi connectivity index (χ4v) is 2.77. The predicted octanol–water partition coefficient (Wildman–Crippen LogP) is 2.00. The highest BCUT2D eigenvalue weighted by atomic mass is 16.1. The molecule has 0 unspecified atom stereocenters. The Morgan fingerprint density at radius 2 is 1.90 bits per heavy atom. The average molecular weight is 275 g/mol. The number of hydrogen-bond donors (Lipinski definition) is 2. The van der Waals surface area contributed by atoms with Gasteiger partial charge in [-0.3, -0.25) is 4.79 Å². The van der Waals surface area contributed by atoms with Crippen molar-refractivity contribution in [3.63, 3.8) is 0 Å². The molecule has 110 valence electrons. The van der Waals surface area contributed by atoms with Crippen LogP contribution in [0.1, 0.15) is 37.0 Å². The zero-order chi connectivity index (χ0) is 14.5. The van der Waals surface area contributed by atoms with Crippen molar-refractivity contribution in [2.24, 2.45) is 11.7 Å². The number of anilines is 1. The molecule has 1 aromatic rings. The number of nitrogens with zero attached hydrogens (tertiary/aromatic N) is 1. The number of primary amides is 1. The number of nitrogens with two attached hydrogens (primary N) is 1. The highest BCUT2D eigenvalue weighted by molar-refractivity contribution is 5.93. The first-order valence-corrected chi connectivity index (χ1v) is 7.45. The van der Waals surface area contributed by atoms with Crippen molar-refractivity contribution in [3.8, 4) is 0 Å². The maximum atomic E-state index is 11.1. The summed E-state index contributed by atoms with van der Waals surface area (Å²) in [6.07, 6.45) is 2.48. The summed E-state index contributed by atoms with van der Waals surface area (Å²) in [5, 5.41) is 3.41. The van der Waals surface area contributed by atoms with Crippen molar-refractivity contribution < 1.29 is 4.79 Å². The van der Waals surface area contributed by atoms with Gasteiger partial charge in [0.05, 0.1) is 0 Å². The van der Waals surface area contributed by atoms with Gasteiger partial charge in [0, 0.05) is 23.8 Å². The van der Waals surface area contributed by atoms with Gasteiger partial charge in [0.25, 0.3) is 0 Å². The van der Waals surface area contributed by atoms with Crippen molar-refractivity contribution in [2.75, 3.05) is 24.5 Å². The van der Waals surface area contributed by atoms with Crippen LogP contribution in [0.5, 0.6) is 0 Å². The van der Waals surface area contributed by atoms with E-state index in [1.54, 1.807) is 0 Å². The van der Waals surface area contributed by atoms with Gasteiger partial charge >= 0.3 is 0 Å². The highest BCUT2D eigenvalue weighted by Gasteiger charge is 2.19. The number of hydrogen-bond acceptors (Lipinski definition) is 3. The fourth-order valence-electron chi connectivity index (χ4n) is 2.77. The van der Waals surface area contributed by atoms with Crippen LogP contribution in [-0.2, 0) is 0 Å². The molecule has 0 atom stereocenters. The molecular weight excluding hydrogens is 250 g/mol. The number of benzene rings is 1. The lowest BCUT2D eigenvalue weighted by atomic mass is 9.96. The summed E-state index contributed by atoms with van der Waals surface area (Å²) in [6, 6.07) is 8.08. The Kier molecular flexibility index (Phi) is 5.01. The van der Waals surface area contributed by atoms with E-state index < -0.39 is 0 Å². The molecule has 3 N–H and O–H groups in total. The first-order chi connectivity index (χ1) is 9.58. The second-order valence-electron chi connectivity index (χ2n) is 5.85. The zero-order valence-corrected chi connectivity index (χ0v) is 12.4. The van der Waals surface area contributed by atoms with Gasteiger partial charge in [0.2, 0.25) is 5.91 Å². The molecule has 1 amide bonds. The first-order valence-electron chi connectivity index (χ1n) is 7.45. The minimum absolute atomic E-state index is 0.369. The van der Waals surface area contributed by atoms with Crippen LogP contribution in [0.25, 0.3) is 0 Å². The van der Waals surface area contributed by atoms with Gasteiger partial charge in [0.15, 0.2) is 0 Å². The first kappa shape index (κ1) is 14.9. The molecule has 4 nitrogen and oxygen atoms in total. The lowest BCUT2D eigenvalue weighted by Crippen LogP contribution is -2.39. The Morgan fingerprint density at radius 1 is 1.30 bits per heavy atom. The van der Waals surface area contributed by atoms with E-state index in [-0.39, 0.29) is 5.91 Å². The lowest BCUT2D eigenvalue weighted by Gasteiger charge is -2.34. The van der Waals surface area contributed by atoms with E-state index in [1.165, 1.54) is 18.5 Å². The van der Waals surface area contributed by atoms with Crippen LogP contribution in [0, 0.1) is 5.92 Å². The standard InChI is InChI=1S/C16H25N3O/c1-12(2)19(11-13-7-9-18-10-8-13)15-5-3-14(4-6-15)16(17)20/h3-6,12-13,18H,7-11H2,1-2H3,(H2,17,20). The van der Waals surface area contributed by atoms with Crippen LogP contribution in [0.3, 0.4) is 0 Å². The molecule has 1 aliphatic heterocycles. The predicted molar refractivity (Wildman–Crippen MR) is 83.0 cm³/mol. The number of rotatable bonds is 5. The maximum absolute atomic E-state index is 11.1. The van der Waals surface area contributed by atoms with Crippen LogP contribution in [0.15, 0.2) is 24.3 Å². The fraction of sp³-hybridized carbons (Fsp3) is 0.562. The van der Waals surface area contributed by atoms with Gasteiger partial charge in [-0.05, 0) is 70.0 Å². The molecule has 0 saturated carbocycles. The molecule has 1 saturated heterocycles. The molecule has 1 aromatic carbocycles. The third-order valence-electron chi connectivity index (χ3n) is 4.02. The average Bonchev–Trinajstić information content (AvgIpc) is 2.45. The largest absolute Gasteiger partial charge is 0.369 e. The van der Waals surface area contributed by atoms with Crippen LogP contribution in [0.4, 0.5) is 5.69 Å². The minimum atomic E-state index is -0.369. The van der Waals surface area contributed by atoms with Gasteiger partial charge in [-0.25, -0.2) is 0 Å². The third kappa shape index (κ3) is 3.73. The Hall–Kier alpha value is -1.55. The molecule has 0 radical (unpaired) electrons. The van der Waals surface area contributed by atoms with E-state index in [2.05, 4.69) is 24.1 Å². The molecule has 0 spiro atoms. The van der Waals surface area contributed by atoms with Crippen molar-refractivity contribution in [2.45, 2.75) is 32.7 Å². The molecule has 1 heterocycles. The Bertz CT molecular complexity index is 436. The molecule has 0 aromatic heterocycles. The molecule has 1 fully saturated rings. The smallest absolute Gasteiger partial charge is 0.248 e. The molecule has 2 rings (SSSR count). The van der Waals surface area contributed by atoms with Crippen LogP contribution >= 0.6 is 0 Å². The van der Waals surface area contributed by atoms with Crippen LogP contribution in [0.2, 0.25) is 0 Å². The van der Waals surface area contributed by atoms with E-state index in [9.17, 15) is 4.79 Å². The number of amides is 1. The summed E-state index contributed by atoms with van der Waals surface area (Å²) in [4.78, 5) is 13.6. The second-order valence-corrected chi connectivity index (χ2v) is 5.85. The molecule has 4 heteroatoms. The van der Waals surface area contributed by atoms with E-state index in [4.69, 9.17) is 5.73 Å². The molecule has 0 aliphatic carbocycles.